The molecule has 4 aromatic rings. The molecule has 3 aromatic carbocycles. The lowest BCUT2D eigenvalue weighted by Gasteiger charge is -2.09. The zero-order valence-electron chi connectivity index (χ0n) is 17.8. The van der Waals surface area contributed by atoms with Gasteiger partial charge in [-0.15, -0.1) is 15.3 Å². The number of aryl methyl sites for hydroxylation is 2. The van der Waals surface area contributed by atoms with Crippen LogP contribution in [0.3, 0.4) is 0 Å². The van der Waals surface area contributed by atoms with Crippen molar-refractivity contribution >= 4 is 38.0 Å². The van der Waals surface area contributed by atoms with Crippen LogP contribution in [0.2, 0.25) is 0 Å². The Hall–Kier alpha value is -4.02. The predicted molar refractivity (Wildman–Crippen MR) is 126 cm³/mol. The predicted octanol–water partition coefficient (Wildman–Crippen LogP) is 6.14. The second-order valence-corrected chi connectivity index (χ2v) is 8.74. The number of azo groups is 1. The maximum Gasteiger partial charge on any atom is 0.295 e. The van der Waals surface area contributed by atoms with E-state index >= 15 is 0 Å². The summed E-state index contributed by atoms with van der Waals surface area (Å²) >= 11 is 0. The first kappa shape index (κ1) is 22.2. The van der Waals surface area contributed by atoms with Gasteiger partial charge in [0.05, 0.1) is 11.9 Å². The summed E-state index contributed by atoms with van der Waals surface area (Å²) in [6.07, 6.45) is 1.57. The van der Waals surface area contributed by atoms with Crippen LogP contribution in [0.5, 0.6) is 0 Å². The molecule has 9 nitrogen and oxygen atoms in total. The van der Waals surface area contributed by atoms with Crippen molar-refractivity contribution in [2.24, 2.45) is 26.4 Å². The number of aromatic nitrogens is 1. The molecule has 0 radical (unpaired) electrons. The molecule has 0 aliphatic rings. The highest BCUT2D eigenvalue weighted by Crippen LogP contribution is 2.40. The van der Waals surface area contributed by atoms with Crippen molar-refractivity contribution in [3.05, 3.63) is 78.0 Å². The molecular weight excluding hydrogens is 440 g/mol. The first-order valence-electron chi connectivity index (χ1n) is 9.88. The fraction of sp³-hybridized carbons (Fsp3) is 0.0870. The molecule has 0 saturated carbocycles. The SMILES string of the molecule is Cc1cccc(C)c1-c1ccc(/N=N/c2cc(S(=O)(=O)O)c3ccccc3c2N=NN)cn1. The second-order valence-electron chi connectivity index (χ2n) is 7.35. The smallest absolute Gasteiger partial charge is 0.295 e. The first-order chi connectivity index (χ1) is 15.8. The summed E-state index contributed by atoms with van der Waals surface area (Å²) in [5, 5.41) is 16.2. The Morgan fingerprint density at radius 2 is 1.58 bits per heavy atom. The summed E-state index contributed by atoms with van der Waals surface area (Å²) in [5.74, 6) is 5.26. The minimum absolute atomic E-state index is 0.0781. The molecule has 0 aliphatic heterocycles. The Bertz CT molecular complexity index is 1490. The summed E-state index contributed by atoms with van der Waals surface area (Å²) in [4.78, 5) is 4.18. The van der Waals surface area contributed by atoms with Crippen molar-refractivity contribution < 1.29 is 13.0 Å². The molecular formula is C23H20N6O3S. The molecule has 0 amide bonds. The molecule has 1 heterocycles. The number of fused-ring (bicyclic) bond motifs is 1. The Labute approximate surface area is 190 Å². The Balaban J connectivity index is 1.79. The topological polar surface area (TPSA) is 143 Å². The van der Waals surface area contributed by atoms with Gasteiger partial charge in [0.2, 0.25) is 0 Å². The Kier molecular flexibility index (Phi) is 5.95. The van der Waals surface area contributed by atoms with Crippen LogP contribution in [0.1, 0.15) is 11.1 Å². The van der Waals surface area contributed by atoms with Crippen LogP contribution in [-0.2, 0) is 10.1 Å². The number of benzene rings is 3. The minimum atomic E-state index is -4.53. The Morgan fingerprint density at radius 3 is 2.18 bits per heavy atom. The van der Waals surface area contributed by atoms with Gasteiger partial charge in [-0.25, -0.2) is 0 Å². The van der Waals surface area contributed by atoms with Crippen LogP contribution in [-0.4, -0.2) is 18.0 Å². The van der Waals surface area contributed by atoms with E-state index in [2.05, 4.69) is 25.5 Å². The number of hydrogen-bond donors (Lipinski definition) is 2. The Morgan fingerprint density at radius 1 is 0.879 bits per heavy atom. The molecule has 0 fully saturated rings. The van der Waals surface area contributed by atoms with Gasteiger partial charge in [0.25, 0.3) is 10.1 Å². The van der Waals surface area contributed by atoms with Gasteiger partial charge in [-0.2, -0.15) is 8.42 Å². The highest BCUT2D eigenvalue weighted by Gasteiger charge is 2.20. The number of nitrogens with zero attached hydrogens (tertiary/aromatic N) is 5. The van der Waals surface area contributed by atoms with Gasteiger partial charge < -0.3 is 5.84 Å². The fourth-order valence-electron chi connectivity index (χ4n) is 3.69. The number of pyridine rings is 1. The van der Waals surface area contributed by atoms with Gasteiger partial charge >= 0.3 is 0 Å². The van der Waals surface area contributed by atoms with Crippen LogP contribution in [0.4, 0.5) is 17.1 Å². The average molecular weight is 461 g/mol. The molecule has 0 spiro atoms. The molecule has 166 valence electrons. The van der Waals surface area contributed by atoms with E-state index in [0.29, 0.717) is 11.1 Å². The number of rotatable bonds is 5. The number of nitrogens with two attached hydrogens (primary N) is 1. The molecule has 3 N–H and O–H groups in total. The highest BCUT2D eigenvalue weighted by atomic mass is 32.2. The molecule has 0 atom stereocenters. The van der Waals surface area contributed by atoms with Crippen molar-refractivity contribution in [3.8, 4) is 11.3 Å². The van der Waals surface area contributed by atoms with Crippen LogP contribution >= 0.6 is 0 Å². The zero-order valence-corrected chi connectivity index (χ0v) is 18.7. The van der Waals surface area contributed by atoms with E-state index in [4.69, 9.17) is 5.84 Å². The first-order valence-corrected chi connectivity index (χ1v) is 11.3. The lowest BCUT2D eigenvalue weighted by molar-refractivity contribution is 0.484. The van der Waals surface area contributed by atoms with Crippen LogP contribution < -0.4 is 5.84 Å². The monoisotopic (exact) mass is 460 g/mol. The highest BCUT2D eigenvalue weighted by molar-refractivity contribution is 7.86. The van der Waals surface area contributed by atoms with Crippen molar-refractivity contribution in [3.63, 3.8) is 0 Å². The summed E-state index contributed by atoms with van der Waals surface area (Å²) in [6.45, 7) is 4.05. The van der Waals surface area contributed by atoms with E-state index in [9.17, 15) is 13.0 Å². The minimum Gasteiger partial charge on any atom is -0.305 e. The van der Waals surface area contributed by atoms with E-state index in [0.717, 1.165) is 22.4 Å². The fourth-order valence-corrected chi connectivity index (χ4v) is 4.40. The molecule has 10 heteroatoms. The summed E-state index contributed by atoms with van der Waals surface area (Å²) < 4.78 is 33.6. The summed E-state index contributed by atoms with van der Waals surface area (Å²) in [5.41, 5.74) is 4.84. The van der Waals surface area contributed by atoms with E-state index in [1.165, 1.54) is 6.07 Å². The lowest BCUT2D eigenvalue weighted by atomic mass is 10.00. The molecule has 0 saturated heterocycles. The molecule has 4 rings (SSSR count). The van der Waals surface area contributed by atoms with Crippen LogP contribution in [0.25, 0.3) is 22.0 Å². The maximum absolute atomic E-state index is 12.0. The van der Waals surface area contributed by atoms with Gasteiger partial charge in [0, 0.05) is 16.3 Å². The molecule has 0 bridgehead atoms. The van der Waals surface area contributed by atoms with Crippen molar-refractivity contribution in [1.29, 1.82) is 0 Å². The molecule has 33 heavy (non-hydrogen) atoms. The lowest BCUT2D eigenvalue weighted by Crippen LogP contribution is -1.99. The van der Waals surface area contributed by atoms with Gasteiger partial charge in [-0.1, -0.05) is 47.7 Å². The van der Waals surface area contributed by atoms with E-state index < -0.39 is 10.1 Å². The third-order valence-corrected chi connectivity index (χ3v) is 6.05. The molecule has 0 unspecified atom stereocenters. The van der Waals surface area contributed by atoms with Crippen LogP contribution in [0.15, 0.2) is 92.3 Å². The van der Waals surface area contributed by atoms with Crippen LogP contribution in [0, 0.1) is 13.8 Å². The largest absolute Gasteiger partial charge is 0.305 e. The van der Waals surface area contributed by atoms with E-state index in [1.54, 1.807) is 36.5 Å². The maximum atomic E-state index is 12.0. The van der Waals surface area contributed by atoms with E-state index in [-0.39, 0.29) is 21.7 Å². The quantitative estimate of drug-likeness (QED) is 0.159. The number of hydrogen-bond acceptors (Lipinski definition) is 7. The summed E-state index contributed by atoms with van der Waals surface area (Å²) in [6, 6.07) is 17.4. The van der Waals surface area contributed by atoms with Gasteiger partial charge in [0.15, 0.2) is 0 Å². The van der Waals surface area contributed by atoms with Gasteiger partial charge in [-0.05, 0) is 43.2 Å². The van der Waals surface area contributed by atoms with Crippen molar-refractivity contribution in [1.82, 2.24) is 4.98 Å². The standard InChI is InChI=1S/C23H20N6O3S/c1-14-6-5-7-15(2)22(14)19-11-10-16(13-25-19)26-27-20-12-21(33(30,31)32)17-8-3-4-9-18(17)23(20)28-29-24/h3-13H,1-2H3,(H2,24,28)(H,30,31,32)/b27-26+. The second kappa shape index (κ2) is 8.85. The van der Waals surface area contributed by atoms with Gasteiger partial charge in [-0.3, -0.25) is 9.54 Å². The molecule has 1 aromatic heterocycles. The average Bonchev–Trinajstić information content (AvgIpc) is 2.78. The van der Waals surface area contributed by atoms with Gasteiger partial charge in [0.1, 0.15) is 22.0 Å². The van der Waals surface area contributed by atoms with Crippen molar-refractivity contribution in [2.75, 3.05) is 0 Å². The van der Waals surface area contributed by atoms with Crippen molar-refractivity contribution in [2.45, 2.75) is 18.7 Å². The third kappa shape index (κ3) is 4.47. The van der Waals surface area contributed by atoms with E-state index in [1.807, 2.05) is 38.1 Å². The third-order valence-electron chi connectivity index (χ3n) is 5.15. The summed E-state index contributed by atoms with van der Waals surface area (Å²) in [7, 11) is -4.53. The zero-order chi connectivity index (χ0) is 23.6. The normalized spacial score (nSPS) is 12.2. The molecule has 0 aliphatic carbocycles.